The first-order chi connectivity index (χ1) is 12.0. The number of hydrogen-bond acceptors (Lipinski definition) is 7. The Kier molecular flexibility index (Phi) is 4.40. The molecule has 2 heterocycles. The normalized spacial score (nSPS) is 11.1. The molecule has 0 saturated heterocycles. The van der Waals surface area contributed by atoms with Gasteiger partial charge < -0.3 is 10.2 Å². The maximum absolute atomic E-state index is 11.2. The highest BCUT2D eigenvalue weighted by Gasteiger charge is 2.17. The lowest BCUT2D eigenvalue weighted by atomic mass is 10.1. The van der Waals surface area contributed by atoms with E-state index in [4.69, 9.17) is 5.11 Å². The van der Waals surface area contributed by atoms with Gasteiger partial charge in [0, 0.05) is 5.56 Å². The van der Waals surface area contributed by atoms with E-state index in [2.05, 4.69) is 20.5 Å². The highest BCUT2D eigenvalue weighted by Crippen LogP contribution is 2.33. The summed E-state index contributed by atoms with van der Waals surface area (Å²) in [7, 11) is 0. The number of thiophene rings is 1. The molecule has 0 bridgehead atoms. The summed E-state index contributed by atoms with van der Waals surface area (Å²) in [4.78, 5) is 30.5. The number of hydrazone groups is 1. The van der Waals surface area contributed by atoms with E-state index in [1.807, 2.05) is 0 Å². The third-order valence-corrected chi connectivity index (χ3v) is 4.72. The summed E-state index contributed by atoms with van der Waals surface area (Å²) in [5, 5.41) is 22.1. The van der Waals surface area contributed by atoms with E-state index in [0.717, 1.165) is 11.3 Å². The Morgan fingerprint density at radius 2 is 1.88 bits per heavy atom. The summed E-state index contributed by atoms with van der Waals surface area (Å²) in [5.41, 5.74) is 4.83. The molecule has 3 rings (SSSR count). The van der Waals surface area contributed by atoms with Crippen LogP contribution in [0.15, 0.2) is 35.7 Å². The molecule has 1 aromatic carbocycles. The van der Waals surface area contributed by atoms with Crippen LogP contribution in [0.4, 0.5) is 5.82 Å². The van der Waals surface area contributed by atoms with Crippen molar-refractivity contribution in [1.29, 1.82) is 0 Å². The van der Waals surface area contributed by atoms with Gasteiger partial charge in [0.05, 0.1) is 22.0 Å². The van der Waals surface area contributed by atoms with E-state index in [0.29, 0.717) is 27.2 Å². The van der Waals surface area contributed by atoms with E-state index >= 15 is 0 Å². The number of nitrogens with one attached hydrogen (secondary N) is 1. The maximum atomic E-state index is 11.2. The molecule has 0 aliphatic heterocycles. The minimum absolute atomic E-state index is 0.192. The molecule has 8 nitrogen and oxygen atoms in total. The average Bonchev–Trinajstić information content (AvgIpc) is 2.94. The van der Waals surface area contributed by atoms with Crippen molar-refractivity contribution >= 4 is 45.5 Å². The topological polar surface area (TPSA) is 125 Å². The van der Waals surface area contributed by atoms with E-state index in [1.165, 1.54) is 24.7 Å². The van der Waals surface area contributed by atoms with Crippen molar-refractivity contribution in [3.05, 3.63) is 52.2 Å². The predicted molar refractivity (Wildman–Crippen MR) is 93.7 cm³/mol. The molecule has 0 aliphatic carbocycles. The van der Waals surface area contributed by atoms with Crippen LogP contribution in [0.1, 0.15) is 31.2 Å². The van der Waals surface area contributed by atoms with E-state index in [-0.39, 0.29) is 10.4 Å². The van der Waals surface area contributed by atoms with Crippen LogP contribution >= 0.6 is 11.3 Å². The van der Waals surface area contributed by atoms with Crippen molar-refractivity contribution in [3.63, 3.8) is 0 Å². The van der Waals surface area contributed by atoms with Crippen molar-refractivity contribution in [2.75, 3.05) is 5.43 Å². The molecule has 0 amide bonds. The number of benzene rings is 1. The molecule has 0 spiro atoms. The largest absolute Gasteiger partial charge is 0.478 e. The van der Waals surface area contributed by atoms with Gasteiger partial charge in [0.15, 0.2) is 5.82 Å². The van der Waals surface area contributed by atoms with Gasteiger partial charge in [0.1, 0.15) is 11.2 Å². The van der Waals surface area contributed by atoms with Gasteiger partial charge in [0.2, 0.25) is 0 Å². The molecule has 0 radical (unpaired) electrons. The lowest BCUT2D eigenvalue weighted by molar-refractivity contribution is 0.0688. The summed E-state index contributed by atoms with van der Waals surface area (Å²) in [5.74, 6) is -1.59. The summed E-state index contributed by atoms with van der Waals surface area (Å²) in [6, 6.07) is 6.22. The monoisotopic (exact) mass is 356 g/mol. The Labute approximate surface area is 145 Å². The van der Waals surface area contributed by atoms with Crippen LogP contribution in [0.3, 0.4) is 0 Å². The number of aromatic nitrogens is 2. The zero-order chi connectivity index (χ0) is 18.0. The summed E-state index contributed by atoms with van der Waals surface area (Å²) in [6.07, 6.45) is 2.85. The van der Waals surface area contributed by atoms with Crippen LogP contribution in [-0.2, 0) is 0 Å². The summed E-state index contributed by atoms with van der Waals surface area (Å²) in [6.45, 7) is 1.70. The minimum atomic E-state index is -1.01. The molecule has 9 heteroatoms. The number of carbonyl (C=O) groups is 2. The van der Waals surface area contributed by atoms with Crippen molar-refractivity contribution < 1.29 is 19.8 Å². The lowest BCUT2D eigenvalue weighted by Crippen LogP contribution is -1.97. The Hall–Kier alpha value is -3.33. The summed E-state index contributed by atoms with van der Waals surface area (Å²) >= 11 is 1.08. The molecule has 2 aromatic heterocycles. The van der Waals surface area contributed by atoms with Gasteiger partial charge >= 0.3 is 11.9 Å². The van der Waals surface area contributed by atoms with E-state index in [9.17, 15) is 14.7 Å². The van der Waals surface area contributed by atoms with E-state index < -0.39 is 11.9 Å². The van der Waals surface area contributed by atoms with Crippen LogP contribution in [0.25, 0.3) is 10.2 Å². The molecule has 0 unspecified atom stereocenters. The number of carboxylic acid groups (broad SMARTS) is 2. The van der Waals surface area contributed by atoms with Crippen molar-refractivity contribution in [2.24, 2.45) is 5.10 Å². The second-order valence-corrected chi connectivity index (χ2v) is 6.08. The molecular formula is C16H12N4O4S. The van der Waals surface area contributed by atoms with E-state index in [1.54, 1.807) is 19.1 Å². The smallest absolute Gasteiger partial charge is 0.346 e. The zero-order valence-electron chi connectivity index (χ0n) is 12.9. The Morgan fingerprint density at radius 3 is 2.52 bits per heavy atom. The number of rotatable bonds is 5. The average molecular weight is 356 g/mol. The second-order valence-electron chi connectivity index (χ2n) is 5.06. The molecule has 126 valence electrons. The van der Waals surface area contributed by atoms with Gasteiger partial charge in [0.25, 0.3) is 0 Å². The molecular weight excluding hydrogens is 344 g/mol. The highest BCUT2D eigenvalue weighted by atomic mass is 32.1. The van der Waals surface area contributed by atoms with Crippen LogP contribution in [0.5, 0.6) is 0 Å². The Bertz CT molecular complexity index is 995. The van der Waals surface area contributed by atoms with Crippen molar-refractivity contribution in [2.45, 2.75) is 6.92 Å². The minimum Gasteiger partial charge on any atom is -0.478 e. The third kappa shape index (κ3) is 3.31. The molecule has 3 aromatic rings. The molecule has 0 saturated carbocycles. The van der Waals surface area contributed by atoms with Gasteiger partial charge in [-0.2, -0.15) is 5.10 Å². The van der Waals surface area contributed by atoms with Crippen LogP contribution in [0.2, 0.25) is 0 Å². The fourth-order valence-electron chi connectivity index (χ4n) is 2.19. The molecule has 0 atom stereocenters. The number of aryl methyl sites for hydroxylation is 1. The fourth-order valence-corrected chi connectivity index (χ4v) is 3.23. The quantitative estimate of drug-likeness (QED) is 0.474. The van der Waals surface area contributed by atoms with Gasteiger partial charge in [-0.3, -0.25) is 5.43 Å². The predicted octanol–water partition coefficient (Wildman–Crippen LogP) is 2.84. The first-order valence-electron chi connectivity index (χ1n) is 7.07. The first kappa shape index (κ1) is 16.5. The standard InChI is InChI=1S/C16H12N4O4S/c1-8-11-13(25-12(8)16(23)24)14(18-7-17-11)20-19-6-9-2-4-10(5-3-9)15(21)22/h2-7H,1H3,(H,21,22)(H,23,24)(H,17,18,20). The fraction of sp³-hybridized carbons (Fsp3) is 0.0625. The van der Waals surface area contributed by atoms with Crippen LogP contribution < -0.4 is 5.43 Å². The van der Waals surface area contributed by atoms with Crippen molar-refractivity contribution in [3.8, 4) is 0 Å². The lowest BCUT2D eigenvalue weighted by Gasteiger charge is -2.00. The molecule has 3 N–H and O–H groups in total. The van der Waals surface area contributed by atoms with Crippen LogP contribution in [0, 0.1) is 6.92 Å². The Balaban J connectivity index is 1.84. The maximum Gasteiger partial charge on any atom is 0.346 e. The molecule has 0 fully saturated rings. The number of aromatic carboxylic acids is 2. The SMILES string of the molecule is Cc1c(C(=O)O)sc2c(NN=Cc3ccc(C(=O)O)cc3)ncnc12. The van der Waals surface area contributed by atoms with Gasteiger partial charge in [-0.25, -0.2) is 19.6 Å². The molecule has 25 heavy (non-hydrogen) atoms. The molecule has 0 aliphatic rings. The van der Waals surface area contributed by atoms with Gasteiger partial charge in [-0.1, -0.05) is 12.1 Å². The van der Waals surface area contributed by atoms with Gasteiger partial charge in [-0.15, -0.1) is 11.3 Å². The number of carboxylic acids is 2. The highest BCUT2D eigenvalue weighted by molar-refractivity contribution is 7.21. The van der Waals surface area contributed by atoms with Crippen molar-refractivity contribution in [1.82, 2.24) is 9.97 Å². The summed E-state index contributed by atoms with van der Waals surface area (Å²) < 4.78 is 0.607. The number of hydrogen-bond donors (Lipinski definition) is 3. The number of nitrogens with zero attached hydrogens (tertiary/aromatic N) is 3. The first-order valence-corrected chi connectivity index (χ1v) is 7.89. The number of anilines is 1. The zero-order valence-corrected chi connectivity index (χ0v) is 13.7. The third-order valence-electron chi connectivity index (χ3n) is 3.44. The van der Waals surface area contributed by atoms with Gasteiger partial charge in [-0.05, 0) is 24.6 Å². The second kappa shape index (κ2) is 6.65. The number of fused-ring (bicyclic) bond motifs is 1. The Morgan fingerprint density at radius 1 is 1.16 bits per heavy atom. The van der Waals surface area contributed by atoms with Crippen LogP contribution in [-0.4, -0.2) is 38.3 Å².